The van der Waals surface area contributed by atoms with E-state index < -0.39 is 0 Å². The molecule has 0 aliphatic heterocycles. The number of nitrogens with zero attached hydrogens (tertiary/aromatic N) is 3. The molecule has 0 amide bonds. The molecule has 2 heterocycles. The van der Waals surface area contributed by atoms with Crippen LogP contribution in [0, 0.1) is 6.92 Å². The number of aryl methyl sites for hydroxylation is 1. The number of ether oxygens (including phenoxy) is 1. The van der Waals surface area contributed by atoms with E-state index in [1.165, 1.54) is 17.5 Å². The molecule has 2 aromatic heterocycles. The molecule has 1 unspecified atom stereocenters. The molecule has 0 saturated heterocycles. The summed E-state index contributed by atoms with van der Waals surface area (Å²) in [5, 5.41) is 0. The second-order valence-corrected chi connectivity index (χ2v) is 7.35. The first kappa shape index (κ1) is 19.4. The van der Waals surface area contributed by atoms with Crippen LogP contribution in [-0.2, 0) is 16.1 Å². The molecule has 1 atom stereocenters. The summed E-state index contributed by atoms with van der Waals surface area (Å²) in [4.78, 5) is 21.4. The number of fused-ring (bicyclic) bond motifs is 1. The Hall–Kier alpha value is -2.38. The zero-order chi connectivity index (χ0) is 19.2. The van der Waals surface area contributed by atoms with E-state index in [0.29, 0.717) is 0 Å². The van der Waals surface area contributed by atoms with Crippen molar-refractivity contribution in [2.75, 3.05) is 6.54 Å². The molecule has 0 aliphatic rings. The van der Waals surface area contributed by atoms with Crippen molar-refractivity contribution in [3.63, 3.8) is 0 Å². The number of aromatic nitrogens is 3. The van der Waals surface area contributed by atoms with Crippen LogP contribution >= 0.6 is 11.9 Å². The molecule has 142 valence electrons. The van der Waals surface area contributed by atoms with E-state index in [1.807, 2.05) is 39.0 Å². The topological polar surface area (TPSA) is 69.0 Å². The van der Waals surface area contributed by atoms with Crippen LogP contribution in [0.1, 0.15) is 31.7 Å². The molecule has 27 heavy (non-hydrogen) atoms. The smallest absolute Gasteiger partial charge is 0.321 e. The molecular formula is C20H24N4O2S. The predicted molar refractivity (Wildman–Crippen MR) is 108 cm³/mol. The summed E-state index contributed by atoms with van der Waals surface area (Å²) in [7, 11) is 0. The Balaban J connectivity index is 1.56. The van der Waals surface area contributed by atoms with Crippen LogP contribution in [0.4, 0.5) is 0 Å². The minimum Gasteiger partial charge on any atom is -0.462 e. The lowest BCUT2D eigenvalue weighted by Gasteiger charge is -2.11. The van der Waals surface area contributed by atoms with Gasteiger partial charge in [0.25, 0.3) is 0 Å². The fourth-order valence-corrected chi connectivity index (χ4v) is 3.30. The summed E-state index contributed by atoms with van der Waals surface area (Å²) in [5.74, 6) is 0.739. The van der Waals surface area contributed by atoms with Crippen LogP contribution in [0.2, 0.25) is 0 Å². The zero-order valence-corrected chi connectivity index (χ0v) is 16.6. The van der Waals surface area contributed by atoms with Gasteiger partial charge in [0.1, 0.15) is 17.9 Å². The number of imidazole rings is 1. The number of nitrogens with one attached hydrogen (secondary N) is 1. The molecule has 1 N–H and O–H groups in total. The quantitative estimate of drug-likeness (QED) is 0.471. The van der Waals surface area contributed by atoms with E-state index in [-0.39, 0.29) is 18.6 Å². The highest BCUT2D eigenvalue weighted by atomic mass is 32.2. The van der Waals surface area contributed by atoms with E-state index in [4.69, 9.17) is 4.74 Å². The van der Waals surface area contributed by atoms with Crippen LogP contribution in [0.25, 0.3) is 11.0 Å². The fourth-order valence-electron chi connectivity index (χ4n) is 2.67. The maximum absolute atomic E-state index is 11.7. The van der Waals surface area contributed by atoms with E-state index in [0.717, 1.165) is 34.7 Å². The zero-order valence-electron chi connectivity index (χ0n) is 15.8. The number of hydrogen-bond donors (Lipinski definition) is 1. The monoisotopic (exact) mass is 384 g/mol. The first-order valence-electron chi connectivity index (χ1n) is 9.01. The summed E-state index contributed by atoms with van der Waals surface area (Å²) in [6, 6.07) is 10.3. The van der Waals surface area contributed by atoms with Crippen LogP contribution in [-0.4, -0.2) is 33.2 Å². The van der Waals surface area contributed by atoms with Crippen molar-refractivity contribution >= 4 is 29.0 Å². The van der Waals surface area contributed by atoms with Gasteiger partial charge in [-0.25, -0.2) is 9.71 Å². The molecule has 0 saturated carbocycles. The van der Waals surface area contributed by atoms with Crippen molar-refractivity contribution in [2.24, 2.45) is 0 Å². The highest BCUT2D eigenvalue weighted by Crippen LogP contribution is 2.19. The third kappa shape index (κ3) is 5.08. The summed E-state index contributed by atoms with van der Waals surface area (Å²) < 4.78 is 10.5. The SMILES string of the molecule is CCC(C)OC(=O)CNSc1ccc(Cn2c(C)nc3cnccc32)cc1. The van der Waals surface area contributed by atoms with Crippen molar-refractivity contribution in [1.29, 1.82) is 0 Å². The molecule has 0 fully saturated rings. The highest BCUT2D eigenvalue weighted by molar-refractivity contribution is 7.97. The van der Waals surface area contributed by atoms with E-state index in [9.17, 15) is 4.79 Å². The Morgan fingerprint density at radius 2 is 2.07 bits per heavy atom. The average molecular weight is 385 g/mol. The standard InChI is InChI=1S/C20H24N4O2S/c1-4-14(2)26-20(25)12-22-27-17-7-5-16(6-8-17)13-24-15(3)23-18-11-21-10-9-19(18)24/h5-11,14,22H,4,12-13H2,1-3H3. The van der Waals surface area contributed by atoms with Gasteiger partial charge in [-0.15, -0.1) is 0 Å². The molecule has 1 aromatic carbocycles. The lowest BCUT2D eigenvalue weighted by molar-refractivity contribution is -0.146. The van der Waals surface area contributed by atoms with Gasteiger partial charge in [0.05, 0.1) is 17.8 Å². The highest BCUT2D eigenvalue weighted by Gasteiger charge is 2.09. The average Bonchev–Trinajstić information content (AvgIpc) is 2.98. The third-order valence-corrected chi connectivity index (χ3v) is 5.12. The van der Waals surface area contributed by atoms with Gasteiger partial charge in [-0.1, -0.05) is 19.1 Å². The van der Waals surface area contributed by atoms with E-state index >= 15 is 0 Å². The van der Waals surface area contributed by atoms with Crippen molar-refractivity contribution in [1.82, 2.24) is 19.3 Å². The minimum absolute atomic E-state index is 0.0397. The molecule has 0 bridgehead atoms. The Kier molecular flexibility index (Phi) is 6.47. The normalized spacial score (nSPS) is 12.3. The Morgan fingerprint density at radius 3 is 2.81 bits per heavy atom. The van der Waals surface area contributed by atoms with Gasteiger partial charge >= 0.3 is 5.97 Å². The maximum Gasteiger partial charge on any atom is 0.321 e. The number of rotatable bonds is 8. The number of esters is 1. The molecule has 0 aliphatic carbocycles. The first-order chi connectivity index (χ1) is 13.1. The summed E-state index contributed by atoms with van der Waals surface area (Å²) in [5.41, 5.74) is 3.19. The molecule has 3 aromatic rings. The Labute approximate surface area is 163 Å². The molecule has 0 spiro atoms. The number of pyridine rings is 1. The van der Waals surface area contributed by atoms with Gasteiger partial charge in [0, 0.05) is 17.6 Å². The van der Waals surface area contributed by atoms with Crippen LogP contribution < -0.4 is 4.72 Å². The largest absolute Gasteiger partial charge is 0.462 e. The predicted octanol–water partition coefficient (Wildman–Crippen LogP) is 3.73. The number of hydrogen-bond acceptors (Lipinski definition) is 6. The maximum atomic E-state index is 11.7. The van der Waals surface area contributed by atoms with Crippen LogP contribution in [0.15, 0.2) is 47.6 Å². The summed E-state index contributed by atoms with van der Waals surface area (Å²) in [6.45, 7) is 6.84. The Morgan fingerprint density at radius 1 is 1.30 bits per heavy atom. The van der Waals surface area contributed by atoms with Gasteiger partial charge in [-0.3, -0.25) is 9.78 Å². The lowest BCUT2D eigenvalue weighted by Crippen LogP contribution is -2.23. The van der Waals surface area contributed by atoms with Gasteiger partial charge < -0.3 is 9.30 Å². The van der Waals surface area contributed by atoms with Crippen molar-refractivity contribution < 1.29 is 9.53 Å². The van der Waals surface area contributed by atoms with Gasteiger partial charge in [-0.05, 0) is 56.0 Å². The van der Waals surface area contributed by atoms with Gasteiger partial charge in [0.2, 0.25) is 0 Å². The third-order valence-electron chi connectivity index (χ3n) is 4.32. The van der Waals surface area contributed by atoms with Crippen molar-refractivity contribution in [3.8, 4) is 0 Å². The fraction of sp³-hybridized carbons (Fsp3) is 0.350. The van der Waals surface area contributed by atoms with Crippen molar-refractivity contribution in [2.45, 2.75) is 44.7 Å². The molecule has 0 radical (unpaired) electrons. The van der Waals surface area contributed by atoms with E-state index in [1.54, 1.807) is 12.4 Å². The molecule has 3 rings (SSSR count). The lowest BCUT2D eigenvalue weighted by atomic mass is 10.2. The summed E-state index contributed by atoms with van der Waals surface area (Å²) in [6.07, 6.45) is 4.36. The minimum atomic E-state index is -0.231. The Bertz CT molecular complexity index is 908. The van der Waals surface area contributed by atoms with E-state index in [2.05, 4.69) is 31.4 Å². The molecule has 7 heteroatoms. The van der Waals surface area contributed by atoms with Gasteiger partial charge in [0.15, 0.2) is 0 Å². The molecule has 6 nitrogen and oxygen atoms in total. The summed E-state index contributed by atoms with van der Waals surface area (Å²) >= 11 is 1.43. The van der Waals surface area contributed by atoms with Crippen LogP contribution in [0.5, 0.6) is 0 Å². The number of carbonyl (C=O) groups excluding carboxylic acids is 1. The first-order valence-corrected chi connectivity index (χ1v) is 9.83. The number of benzene rings is 1. The molecular weight excluding hydrogens is 360 g/mol. The van der Waals surface area contributed by atoms with Crippen LogP contribution in [0.3, 0.4) is 0 Å². The van der Waals surface area contributed by atoms with Crippen molar-refractivity contribution in [3.05, 3.63) is 54.1 Å². The van der Waals surface area contributed by atoms with Gasteiger partial charge in [-0.2, -0.15) is 0 Å². The second-order valence-electron chi connectivity index (χ2n) is 6.39. The number of carbonyl (C=O) groups is 1. The second kappa shape index (κ2) is 9.01.